The molecule has 1 saturated heterocycles. The normalized spacial score (nSPS) is 23.7. The maximum atomic E-state index is 13.0. The Morgan fingerprint density at radius 2 is 1.65 bits per heavy atom. The summed E-state index contributed by atoms with van der Waals surface area (Å²) in [5.41, 5.74) is 6.83. The Kier molecular flexibility index (Phi) is 13.1. The van der Waals surface area contributed by atoms with E-state index in [0.29, 0.717) is 6.61 Å². The molecule has 1 rings (SSSR count). The molecule has 5 atom stereocenters. The van der Waals surface area contributed by atoms with Gasteiger partial charge in [0.05, 0.1) is 6.61 Å². The standard InChI is InChI=1S/C21H39N2O7.Ac/c1-9-27-13(2)28-12-14-10-16(18(25)29-20(3,4)5)23(17(14)15(22)11-24)19(26)30-21(6,7)8;/h13-17,22,24H,9-12H2,1-8H3;/q-1;/t13?,14-,15-,16+,17+;/m0./s1. The summed E-state index contributed by atoms with van der Waals surface area (Å²) in [7, 11) is 0. The molecule has 0 bridgehead atoms. The van der Waals surface area contributed by atoms with E-state index in [4.69, 9.17) is 24.7 Å². The van der Waals surface area contributed by atoms with E-state index >= 15 is 0 Å². The maximum Gasteiger partial charge on any atom is 0.411 e. The zero-order chi connectivity index (χ0) is 23.3. The molecule has 0 spiro atoms. The van der Waals surface area contributed by atoms with Crippen LogP contribution in [0, 0.1) is 50.0 Å². The molecule has 179 valence electrons. The second-order valence-electron chi connectivity index (χ2n) is 9.57. The molecule has 0 aromatic rings. The predicted octanol–water partition coefficient (Wildman–Crippen LogP) is 3.13. The number of carbonyl (C=O) groups excluding carboxylic acids is 2. The number of likely N-dealkylation sites (tertiary alicyclic amines) is 1. The molecule has 0 aromatic heterocycles. The molecule has 1 aliphatic rings. The van der Waals surface area contributed by atoms with Crippen LogP contribution in [0.2, 0.25) is 0 Å². The van der Waals surface area contributed by atoms with Gasteiger partial charge in [-0.25, -0.2) is 9.59 Å². The van der Waals surface area contributed by atoms with Crippen molar-refractivity contribution in [3.8, 4) is 0 Å². The van der Waals surface area contributed by atoms with Crippen molar-refractivity contribution < 1.29 is 77.7 Å². The average Bonchev–Trinajstić information content (AvgIpc) is 2.96. The molecular weight excluding hydrogens is 619 g/mol. The summed E-state index contributed by atoms with van der Waals surface area (Å²) in [5.74, 6) is -0.934. The summed E-state index contributed by atoms with van der Waals surface area (Å²) >= 11 is 0. The second kappa shape index (κ2) is 13.0. The van der Waals surface area contributed by atoms with Crippen LogP contribution in [0.1, 0.15) is 61.8 Å². The molecule has 1 radical (unpaired) electrons. The van der Waals surface area contributed by atoms with E-state index in [1.54, 1.807) is 48.5 Å². The molecule has 2 N–H and O–H groups in total. The summed E-state index contributed by atoms with van der Waals surface area (Å²) in [6.45, 7) is 14.2. The van der Waals surface area contributed by atoms with Gasteiger partial charge in [-0.05, 0) is 61.8 Å². The first kappa shape index (κ1) is 31.0. The fourth-order valence-corrected chi connectivity index (χ4v) is 3.46. The Labute approximate surface area is 222 Å². The summed E-state index contributed by atoms with van der Waals surface area (Å²) in [5, 5.41) is 9.67. The van der Waals surface area contributed by atoms with Crippen LogP contribution in [0.15, 0.2) is 0 Å². The summed E-state index contributed by atoms with van der Waals surface area (Å²) in [4.78, 5) is 27.2. The molecule has 1 fully saturated rings. The monoisotopic (exact) mass is 658 g/mol. The Hall–Kier alpha value is 0.0216. The molecule has 10 heteroatoms. The van der Waals surface area contributed by atoms with Gasteiger partial charge in [-0.3, -0.25) is 4.90 Å². The van der Waals surface area contributed by atoms with E-state index in [2.05, 4.69) is 0 Å². The summed E-state index contributed by atoms with van der Waals surface area (Å²) in [6.07, 6.45) is -0.938. The fraction of sp³-hybridized carbons (Fsp3) is 0.905. The van der Waals surface area contributed by atoms with Crippen LogP contribution in [0.5, 0.6) is 0 Å². The SMILES string of the molecule is CCOC(C)OC[C@@H]1C[C@H](C(=O)OC(C)(C)C)N(C(=O)OC(C)(C)C)[C@H]1[C@@H]([NH-])CO.[Ac]. The van der Waals surface area contributed by atoms with Crippen LogP contribution >= 0.6 is 0 Å². The number of esters is 1. The minimum atomic E-state index is -1.03. The van der Waals surface area contributed by atoms with Gasteiger partial charge in [-0.1, -0.05) is 6.04 Å². The molecule has 1 unspecified atom stereocenters. The van der Waals surface area contributed by atoms with Crippen LogP contribution in [-0.4, -0.2) is 77.5 Å². The maximum absolute atomic E-state index is 13.0. The van der Waals surface area contributed by atoms with Crippen LogP contribution in [0.3, 0.4) is 0 Å². The largest absolute Gasteiger partial charge is 0.671 e. The van der Waals surface area contributed by atoms with Gasteiger partial charge in [0.25, 0.3) is 0 Å². The Morgan fingerprint density at radius 3 is 2.10 bits per heavy atom. The Morgan fingerprint density at radius 1 is 1.10 bits per heavy atom. The topological polar surface area (TPSA) is 118 Å². The zero-order valence-electron chi connectivity index (χ0n) is 20.1. The van der Waals surface area contributed by atoms with Gasteiger partial charge in [0.15, 0.2) is 6.29 Å². The Bertz CT molecular complexity index is 577. The van der Waals surface area contributed by atoms with E-state index in [1.807, 2.05) is 6.92 Å². The van der Waals surface area contributed by atoms with E-state index in [-0.39, 0.29) is 63.0 Å². The van der Waals surface area contributed by atoms with E-state index in [1.165, 1.54) is 4.90 Å². The number of rotatable bonds is 8. The first-order chi connectivity index (χ1) is 13.7. The van der Waals surface area contributed by atoms with Crippen molar-refractivity contribution in [3.05, 3.63) is 5.73 Å². The molecule has 0 aliphatic carbocycles. The molecule has 31 heavy (non-hydrogen) atoms. The number of nitrogens with one attached hydrogen (secondary N) is 1. The van der Waals surface area contributed by atoms with Crippen LogP contribution in [0.25, 0.3) is 5.73 Å². The van der Waals surface area contributed by atoms with E-state index in [0.717, 1.165) is 0 Å². The number of hydrogen-bond donors (Lipinski definition) is 1. The number of carbonyl (C=O) groups is 2. The van der Waals surface area contributed by atoms with E-state index in [9.17, 15) is 14.7 Å². The molecule has 1 amide bonds. The third-order valence-corrected chi connectivity index (χ3v) is 4.50. The van der Waals surface area contributed by atoms with Crippen LogP contribution < -0.4 is 0 Å². The number of amides is 1. The molecule has 1 heterocycles. The summed E-state index contributed by atoms with van der Waals surface area (Å²) in [6, 6.07) is -2.73. The number of aliphatic hydroxyl groups excluding tert-OH is 1. The van der Waals surface area contributed by atoms with Gasteiger partial charge in [0.2, 0.25) is 0 Å². The van der Waals surface area contributed by atoms with Crippen LogP contribution in [-0.2, 0) is 23.7 Å². The quantitative estimate of drug-likeness (QED) is 0.315. The third kappa shape index (κ3) is 10.2. The molecule has 1 aliphatic heterocycles. The average molecular weight is 659 g/mol. The smallest absolute Gasteiger partial charge is 0.411 e. The van der Waals surface area contributed by atoms with Crippen molar-refractivity contribution in [1.29, 1.82) is 0 Å². The van der Waals surface area contributed by atoms with Gasteiger partial charge in [0.1, 0.15) is 17.2 Å². The molecule has 9 nitrogen and oxygen atoms in total. The number of hydrogen-bond acceptors (Lipinski definition) is 7. The molecular formula is C21H39AcN2O7-. The minimum Gasteiger partial charge on any atom is -0.671 e. The third-order valence-electron chi connectivity index (χ3n) is 4.50. The van der Waals surface area contributed by atoms with Crippen molar-refractivity contribution >= 4 is 12.1 Å². The number of nitrogens with zero attached hydrogens (tertiary/aromatic N) is 1. The zero-order valence-corrected chi connectivity index (χ0v) is 24.9. The van der Waals surface area contributed by atoms with Crippen LogP contribution in [0.4, 0.5) is 4.79 Å². The van der Waals surface area contributed by atoms with Gasteiger partial charge >= 0.3 is 12.1 Å². The first-order valence-corrected chi connectivity index (χ1v) is 10.5. The van der Waals surface area contributed by atoms with Crippen molar-refractivity contribution in [1.82, 2.24) is 4.90 Å². The number of aliphatic hydroxyl groups is 1. The number of ether oxygens (including phenoxy) is 4. The summed E-state index contributed by atoms with van der Waals surface area (Å²) < 4.78 is 22.2. The molecule has 0 aromatic carbocycles. The van der Waals surface area contributed by atoms with Crippen molar-refractivity contribution in [2.24, 2.45) is 5.92 Å². The Balaban J connectivity index is 0.00000900. The predicted molar refractivity (Wildman–Crippen MR) is 112 cm³/mol. The van der Waals surface area contributed by atoms with Crippen molar-refractivity contribution in [3.63, 3.8) is 0 Å². The molecule has 0 saturated carbocycles. The van der Waals surface area contributed by atoms with Crippen molar-refractivity contribution in [2.75, 3.05) is 19.8 Å². The minimum absolute atomic E-state index is 0. The first-order valence-electron chi connectivity index (χ1n) is 10.5. The fourth-order valence-electron chi connectivity index (χ4n) is 3.46. The van der Waals surface area contributed by atoms with Gasteiger partial charge in [-0.2, -0.15) is 0 Å². The van der Waals surface area contributed by atoms with Gasteiger partial charge in [-0.15, -0.1) is 0 Å². The van der Waals surface area contributed by atoms with Gasteiger partial charge in [0, 0.05) is 69.2 Å². The second-order valence-corrected chi connectivity index (χ2v) is 9.57. The van der Waals surface area contributed by atoms with E-state index < -0.39 is 54.3 Å². The van der Waals surface area contributed by atoms with Crippen molar-refractivity contribution in [2.45, 2.75) is 97.4 Å². The van der Waals surface area contributed by atoms with Gasteiger partial charge < -0.3 is 29.8 Å².